The summed E-state index contributed by atoms with van der Waals surface area (Å²) in [6.45, 7) is 11.3. The van der Waals surface area contributed by atoms with Gasteiger partial charge in [0.1, 0.15) is 0 Å². The van der Waals surface area contributed by atoms with Crippen LogP contribution in [-0.2, 0) is 6.54 Å². The molecule has 0 spiro atoms. The second-order valence-corrected chi connectivity index (χ2v) is 5.45. The number of hydrogen-bond donors (Lipinski definition) is 2. The molecule has 1 heterocycles. The largest absolute Gasteiger partial charge is 0.478 e. The predicted octanol–water partition coefficient (Wildman–Crippen LogP) is 1.99. The number of hydrogen-bond acceptors (Lipinski definition) is 4. The van der Waals surface area contributed by atoms with Gasteiger partial charge in [0.25, 0.3) is 0 Å². The van der Waals surface area contributed by atoms with E-state index in [1.54, 1.807) is 12.1 Å². The van der Waals surface area contributed by atoms with E-state index in [9.17, 15) is 4.79 Å². The van der Waals surface area contributed by atoms with E-state index in [0.717, 1.165) is 18.8 Å². The van der Waals surface area contributed by atoms with E-state index in [1.165, 1.54) is 6.20 Å². The first-order valence-corrected chi connectivity index (χ1v) is 7.06. The van der Waals surface area contributed by atoms with Crippen molar-refractivity contribution in [3.05, 3.63) is 29.6 Å². The number of nitrogens with one attached hydrogen (secondary N) is 1. The molecular weight excluding hydrogens is 254 g/mol. The fourth-order valence-electron chi connectivity index (χ4n) is 2.19. The van der Waals surface area contributed by atoms with Gasteiger partial charge in [0.2, 0.25) is 0 Å². The second-order valence-electron chi connectivity index (χ2n) is 5.45. The molecule has 2 N–H and O–H groups in total. The van der Waals surface area contributed by atoms with Crippen LogP contribution in [0.4, 0.5) is 0 Å². The molecule has 0 aliphatic carbocycles. The van der Waals surface area contributed by atoms with Crippen LogP contribution in [0.1, 0.15) is 43.7 Å². The molecule has 0 aliphatic rings. The van der Waals surface area contributed by atoms with Gasteiger partial charge in [0.05, 0.1) is 11.3 Å². The van der Waals surface area contributed by atoms with Crippen molar-refractivity contribution in [3.8, 4) is 0 Å². The highest BCUT2D eigenvalue weighted by Crippen LogP contribution is 2.04. The Morgan fingerprint density at radius 2 is 1.95 bits per heavy atom. The third-order valence-electron chi connectivity index (χ3n) is 3.25. The van der Waals surface area contributed by atoms with Gasteiger partial charge in [-0.3, -0.25) is 9.88 Å². The molecule has 0 saturated carbocycles. The Hall–Kier alpha value is -1.46. The van der Waals surface area contributed by atoms with E-state index in [1.807, 2.05) is 0 Å². The van der Waals surface area contributed by atoms with Gasteiger partial charge in [-0.2, -0.15) is 0 Å². The molecule has 0 unspecified atom stereocenters. The maximum atomic E-state index is 10.7. The number of aromatic nitrogens is 1. The van der Waals surface area contributed by atoms with Crippen LogP contribution < -0.4 is 5.32 Å². The average Bonchev–Trinajstić information content (AvgIpc) is 2.38. The zero-order valence-electron chi connectivity index (χ0n) is 12.8. The van der Waals surface area contributed by atoms with E-state index >= 15 is 0 Å². The van der Waals surface area contributed by atoms with Crippen LogP contribution in [0.15, 0.2) is 18.3 Å². The van der Waals surface area contributed by atoms with Gasteiger partial charge in [-0.25, -0.2) is 4.79 Å². The number of nitrogens with zero attached hydrogens (tertiary/aromatic N) is 2. The lowest BCUT2D eigenvalue weighted by atomic mass is 10.2. The third-order valence-corrected chi connectivity index (χ3v) is 3.25. The number of aromatic carboxylic acids is 1. The van der Waals surface area contributed by atoms with Gasteiger partial charge in [0.15, 0.2) is 0 Å². The summed E-state index contributed by atoms with van der Waals surface area (Å²) >= 11 is 0. The molecule has 0 radical (unpaired) electrons. The van der Waals surface area contributed by atoms with Gasteiger partial charge in [-0.05, 0) is 39.8 Å². The van der Waals surface area contributed by atoms with E-state index in [0.29, 0.717) is 18.6 Å². The Morgan fingerprint density at radius 3 is 2.40 bits per heavy atom. The highest BCUT2D eigenvalue weighted by molar-refractivity contribution is 5.87. The number of pyridine rings is 1. The van der Waals surface area contributed by atoms with Crippen LogP contribution in [0.3, 0.4) is 0 Å². The Labute approximate surface area is 121 Å². The molecule has 0 amide bonds. The quantitative estimate of drug-likeness (QED) is 0.712. The van der Waals surface area contributed by atoms with Gasteiger partial charge in [-0.15, -0.1) is 0 Å². The minimum absolute atomic E-state index is 0.222. The van der Waals surface area contributed by atoms with Crippen LogP contribution >= 0.6 is 0 Å². The van der Waals surface area contributed by atoms with Gasteiger partial charge in [-0.1, -0.05) is 0 Å². The number of carboxylic acid groups (broad SMARTS) is 1. The van der Waals surface area contributed by atoms with Crippen molar-refractivity contribution in [3.63, 3.8) is 0 Å². The monoisotopic (exact) mass is 279 g/mol. The first kappa shape index (κ1) is 16.6. The lowest BCUT2D eigenvalue weighted by molar-refractivity contribution is 0.0696. The maximum absolute atomic E-state index is 10.7. The topological polar surface area (TPSA) is 65.5 Å². The van der Waals surface area contributed by atoms with Crippen molar-refractivity contribution >= 4 is 5.97 Å². The Morgan fingerprint density at radius 1 is 1.30 bits per heavy atom. The highest BCUT2D eigenvalue weighted by Gasteiger charge is 2.12. The van der Waals surface area contributed by atoms with Crippen LogP contribution in [0, 0.1) is 0 Å². The summed E-state index contributed by atoms with van der Waals surface area (Å²) in [5.41, 5.74) is 1.08. The summed E-state index contributed by atoms with van der Waals surface area (Å²) in [7, 11) is 0. The van der Waals surface area contributed by atoms with E-state index in [4.69, 9.17) is 5.11 Å². The van der Waals surface area contributed by atoms with Gasteiger partial charge >= 0.3 is 5.97 Å². The van der Waals surface area contributed by atoms with Crippen molar-refractivity contribution in [2.75, 3.05) is 13.1 Å². The van der Waals surface area contributed by atoms with Gasteiger partial charge in [0, 0.05) is 37.9 Å². The summed E-state index contributed by atoms with van der Waals surface area (Å²) in [5, 5.41) is 12.1. The van der Waals surface area contributed by atoms with Crippen molar-refractivity contribution in [1.82, 2.24) is 15.2 Å². The standard InChI is InChI=1S/C15H25N3O2/c1-11(2)18(12(3)4)8-7-16-10-14-6-5-13(9-17-14)15(19)20/h5-6,9,11-12,16H,7-8,10H2,1-4H3,(H,19,20). The summed E-state index contributed by atoms with van der Waals surface area (Å²) in [6, 6.07) is 4.40. The fourth-order valence-corrected chi connectivity index (χ4v) is 2.19. The summed E-state index contributed by atoms with van der Waals surface area (Å²) in [4.78, 5) is 17.3. The number of carbonyl (C=O) groups is 1. The summed E-state index contributed by atoms with van der Waals surface area (Å²) < 4.78 is 0. The van der Waals surface area contributed by atoms with Crippen molar-refractivity contribution in [1.29, 1.82) is 0 Å². The molecule has 0 atom stereocenters. The molecule has 1 aromatic heterocycles. The van der Waals surface area contributed by atoms with E-state index in [2.05, 4.69) is 42.9 Å². The molecule has 0 aromatic carbocycles. The molecule has 5 nitrogen and oxygen atoms in total. The molecule has 0 fully saturated rings. The van der Waals surface area contributed by atoms with Gasteiger partial charge < -0.3 is 10.4 Å². The molecule has 0 saturated heterocycles. The summed E-state index contributed by atoms with van der Waals surface area (Å²) in [6.07, 6.45) is 1.40. The zero-order valence-corrected chi connectivity index (χ0v) is 12.8. The lowest BCUT2D eigenvalue weighted by Gasteiger charge is -2.30. The molecule has 1 rings (SSSR count). The molecule has 20 heavy (non-hydrogen) atoms. The van der Waals surface area contributed by atoms with Crippen LogP contribution in [0.2, 0.25) is 0 Å². The second kappa shape index (κ2) is 7.97. The molecule has 1 aromatic rings. The zero-order chi connectivity index (χ0) is 15.1. The van der Waals surface area contributed by atoms with Crippen LogP contribution in [0.25, 0.3) is 0 Å². The van der Waals surface area contributed by atoms with Crippen molar-refractivity contribution in [2.45, 2.75) is 46.3 Å². The lowest BCUT2D eigenvalue weighted by Crippen LogP contribution is -2.41. The summed E-state index contributed by atoms with van der Waals surface area (Å²) in [5.74, 6) is -0.943. The normalized spacial score (nSPS) is 11.6. The molecule has 5 heteroatoms. The molecule has 0 bridgehead atoms. The first-order chi connectivity index (χ1) is 9.41. The molecular formula is C15H25N3O2. The molecule has 112 valence electrons. The van der Waals surface area contributed by atoms with E-state index < -0.39 is 5.97 Å². The molecule has 0 aliphatic heterocycles. The number of carboxylic acids is 1. The maximum Gasteiger partial charge on any atom is 0.337 e. The third kappa shape index (κ3) is 5.27. The first-order valence-electron chi connectivity index (χ1n) is 7.06. The predicted molar refractivity (Wildman–Crippen MR) is 79.9 cm³/mol. The smallest absolute Gasteiger partial charge is 0.337 e. The Kier molecular flexibility index (Phi) is 6.61. The average molecular weight is 279 g/mol. The van der Waals surface area contributed by atoms with Crippen molar-refractivity contribution < 1.29 is 9.90 Å². The fraction of sp³-hybridized carbons (Fsp3) is 0.600. The Balaban J connectivity index is 2.35. The number of rotatable bonds is 8. The van der Waals surface area contributed by atoms with Crippen molar-refractivity contribution in [2.24, 2.45) is 0 Å². The Bertz CT molecular complexity index is 408. The van der Waals surface area contributed by atoms with E-state index in [-0.39, 0.29) is 5.56 Å². The highest BCUT2D eigenvalue weighted by atomic mass is 16.4. The minimum Gasteiger partial charge on any atom is -0.478 e. The minimum atomic E-state index is -0.943. The van der Waals surface area contributed by atoms with Crippen LogP contribution in [-0.4, -0.2) is 46.1 Å². The van der Waals surface area contributed by atoms with Crippen LogP contribution in [0.5, 0.6) is 0 Å². The SMILES string of the molecule is CC(C)N(CCNCc1ccc(C(=O)O)cn1)C(C)C.